The third-order valence-electron chi connectivity index (χ3n) is 5.98. The molecule has 194 valence electrons. The van der Waals surface area contributed by atoms with Gasteiger partial charge in [0.05, 0.1) is 18.3 Å². The van der Waals surface area contributed by atoms with Crippen LogP contribution in [0, 0.1) is 0 Å². The molecule has 4 rings (SSSR count). The summed E-state index contributed by atoms with van der Waals surface area (Å²) in [6.45, 7) is 1.47. The second-order valence-corrected chi connectivity index (χ2v) is 8.64. The monoisotopic (exact) mass is 509 g/mol. The van der Waals surface area contributed by atoms with Crippen molar-refractivity contribution in [3.63, 3.8) is 0 Å². The standard InChI is InChI=1S/C23H26F3N5O5/c1-13(23(24,25)26)27-21(34)18-5-6-19-20(29-18)31(15-7-8-30(19)10-15)22(35)28-14-3-2-4-17(9-14)36-12-16(33)11-32/h2-6,9,13,15-16,32-33H,7-8,10-12H2,1H3,(H,27,34)(H,28,35)/t13-,15+,16+/m1/s1. The number of ether oxygens (including phenoxy) is 1. The highest BCUT2D eigenvalue weighted by Gasteiger charge is 2.41. The van der Waals surface area contributed by atoms with E-state index in [1.165, 1.54) is 11.0 Å². The van der Waals surface area contributed by atoms with Gasteiger partial charge in [0.25, 0.3) is 5.91 Å². The number of aliphatic hydroxyl groups is 2. The first-order valence-corrected chi connectivity index (χ1v) is 11.3. The highest BCUT2D eigenvalue weighted by atomic mass is 19.4. The topological polar surface area (TPSA) is 127 Å². The number of urea groups is 1. The van der Waals surface area contributed by atoms with E-state index in [2.05, 4.69) is 10.3 Å². The van der Waals surface area contributed by atoms with E-state index in [1.807, 2.05) is 10.2 Å². The highest BCUT2D eigenvalue weighted by Crippen LogP contribution is 2.39. The highest BCUT2D eigenvalue weighted by molar-refractivity contribution is 6.05. The molecule has 2 aliphatic heterocycles. The van der Waals surface area contributed by atoms with Crippen LogP contribution in [0.5, 0.6) is 5.75 Å². The molecule has 2 bridgehead atoms. The van der Waals surface area contributed by atoms with Crippen molar-refractivity contribution in [3.8, 4) is 5.75 Å². The molecule has 1 fully saturated rings. The van der Waals surface area contributed by atoms with E-state index in [4.69, 9.17) is 9.84 Å². The van der Waals surface area contributed by atoms with Gasteiger partial charge in [-0.05, 0) is 37.6 Å². The lowest BCUT2D eigenvalue weighted by Crippen LogP contribution is -2.48. The van der Waals surface area contributed by atoms with E-state index in [0.717, 1.165) is 6.92 Å². The lowest BCUT2D eigenvalue weighted by Gasteiger charge is -2.35. The largest absolute Gasteiger partial charge is 0.491 e. The summed E-state index contributed by atoms with van der Waals surface area (Å²) in [6, 6.07) is 6.54. The molecule has 0 saturated carbocycles. The van der Waals surface area contributed by atoms with Gasteiger partial charge in [-0.1, -0.05) is 6.07 Å². The number of aromatic nitrogens is 1. The minimum atomic E-state index is -4.60. The van der Waals surface area contributed by atoms with E-state index in [9.17, 15) is 27.9 Å². The van der Waals surface area contributed by atoms with Crippen LogP contribution in [0.15, 0.2) is 36.4 Å². The van der Waals surface area contributed by atoms with E-state index >= 15 is 0 Å². The average Bonchev–Trinajstić information content (AvgIpc) is 3.25. The summed E-state index contributed by atoms with van der Waals surface area (Å²) in [5.74, 6) is -0.444. The Kier molecular flexibility index (Phi) is 7.22. The van der Waals surface area contributed by atoms with Gasteiger partial charge in [-0.15, -0.1) is 0 Å². The smallest absolute Gasteiger partial charge is 0.408 e. The first kappa shape index (κ1) is 25.5. The van der Waals surface area contributed by atoms with Crippen LogP contribution in [-0.4, -0.2) is 77.8 Å². The molecule has 0 radical (unpaired) electrons. The molecule has 1 aromatic carbocycles. The molecule has 0 spiro atoms. The zero-order valence-corrected chi connectivity index (χ0v) is 19.3. The molecule has 3 atom stereocenters. The molecular formula is C23H26F3N5O5. The van der Waals surface area contributed by atoms with Gasteiger partial charge in [0.15, 0.2) is 5.82 Å². The van der Waals surface area contributed by atoms with Crippen molar-refractivity contribution in [3.05, 3.63) is 42.1 Å². The summed E-state index contributed by atoms with van der Waals surface area (Å²) in [6.07, 6.45) is -5.00. The fourth-order valence-corrected chi connectivity index (χ4v) is 4.04. The molecule has 1 aromatic heterocycles. The second kappa shape index (κ2) is 10.2. The fraction of sp³-hybridized carbons (Fsp3) is 0.435. The Labute approximate surface area is 204 Å². The number of amides is 3. The van der Waals surface area contributed by atoms with Gasteiger partial charge in [-0.3, -0.25) is 9.69 Å². The van der Waals surface area contributed by atoms with Crippen LogP contribution in [0.25, 0.3) is 0 Å². The predicted molar refractivity (Wildman–Crippen MR) is 124 cm³/mol. The van der Waals surface area contributed by atoms with Crippen LogP contribution < -0.4 is 25.2 Å². The summed E-state index contributed by atoms with van der Waals surface area (Å²) in [7, 11) is 0. The third kappa shape index (κ3) is 5.46. The maximum Gasteiger partial charge on any atom is 0.408 e. The van der Waals surface area contributed by atoms with Gasteiger partial charge in [0, 0.05) is 24.8 Å². The molecular weight excluding hydrogens is 483 g/mol. The summed E-state index contributed by atoms with van der Waals surface area (Å²) < 4.78 is 44.1. The number of aliphatic hydroxyl groups excluding tert-OH is 2. The lowest BCUT2D eigenvalue weighted by molar-refractivity contribution is -0.149. The number of halogens is 3. The van der Waals surface area contributed by atoms with Gasteiger partial charge < -0.3 is 30.5 Å². The molecule has 3 amide bonds. The Morgan fingerprint density at radius 3 is 2.78 bits per heavy atom. The number of anilines is 3. The zero-order chi connectivity index (χ0) is 26.0. The SMILES string of the molecule is C[C@@H](NC(=O)c1ccc2c(n1)N(C(=O)Nc1cccc(OC[C@@H](O)CO)c1)[C@H]1CCN2C1)C(F)(F)F. The number of carbonyl (C=O) groups excluding carboxylic acids is 2. The molecule has 3 heterocycles. The summed E-state index contributed by atoms with van der Waals surface area (Å²) >= 11 is 0. The Morgan fingerprint density at radius 2 is 2.06 bits per heavy atom. The van der Waals surface area contributed by atoms with Crippen LogP contribution in [0.1, 0.15) is 23.8 Å². The Balaban J connectivity index is 1.55. The average molecular weight is 509 g/mol. The van der Waals surface area contributed by atoms with Crippen LogP contribution in [0.2, 0.25) is 0 Å². The van der Waals surface area contributed by atoms with Gasteiger partial charge >= 0.3 is 12.2 Å². The van der Waals surface area contributed by atoms with E-state index < -0.39 is 36.9 Å². The first-order chi connectivity index (χ1) is 17.1. The summed E-state index contributed by atoms with van der Waals surface area (Å²) in [4.78, 5) is 33.5. The van der Waals surface area contributed by atoms with Gasteiger partial charge in [0.1, 0.15) is 30.2 Å². The second-order valence-electron chi connectivity index (χ2n) is 8.64. The molecule has 2 aliphatic rings. The molecule has 10 nitrogen and oxygen atoms in total. The number of nitrogens with zero attached hydrogens (tertiary/aromatic N) is 3. The quantitative estimate of drug-likeness (QED) is 0.450. The van der Waals surface area contributed by atoms with Crippen molar-refractivity contribution in [2.45, 2.75) is 37.7 Å². The number of benzene rings is 1. The summed E-state index contributed by atoms with van der Waals surface area (Å²) in [5.41, 5.74) is 0.767. The van der Waals surface area contributed by atoms with Crippen LogP contribution in [-0.2, 0) is 0 Å². The molecule has 0 aliphatic carbocycles. The maximum atomic E-state index is 13.3. The minimum Gasteiger partial charge on any atom is -0.491 e. The number of fused-ring (bicyclic) bond motifs is 4. The van der Waals surface area contributed by atoms with Crippen molar-refractivity contribution in [1.29, 1.82) is 0 Å². The molecule has 4 N–H and O–H groups in total. The Bertz CT molecular complexity index is 1130. The first-order valence-electron chi connectivity index (χ1n) is 11.3. The summed E-state index contributed by atoms with van der Waals surface area (Å²) in [5, 5.41) is 23.0. The minimum absolute atomic E-state index is 0.132. The van der Waals surface area contributed by atoms with E-state index in [0.29, 0.717) is 36.6 Å². The maximum absolute atomic E-state index is 13.3. The third-order valence-corrected chi connectivity index (χ3v) is 5.98. The van der Waals surface area contributed by atoms with Gasteiger partial charge in [-0.25, -0.2) is 9.78 Å². The molecule has 2 aromatic rings. The number of hydrogen-bond acceptors (Lipinski definition) is 7. The van der Waals surface area contributed by atoms with Crippen LogP contribution in [0.3, 0.4) is 0 Å². The number of carbonyl (C=O) groups is 2. The fourth-order valence-electron chi connectivity index (χ4n) is 4.04. The van der Waals surface area contributed by atoms with E-state index in [-0.39, 0.29) is 24.2 Å². The van der Waals surface area contributed by atoms with Gasteiger partial charge in [-0.2, -0.15) is 13.2 Å². The predicted octanol–water partition coefficient (Wildman–Crippen LogP) is 2.12. The number of alkyl halides is 3. The Morgan fingerprint density at radius 1 is 1.28 bits per heavy atom. The van der Waals surface area contributed by atoms with Crippen LogP contribution in [0.4, 0.5) is 35.2 Å². The normalized spacial score (nSPS) is 18.3. The zero-order valence-electron chi connectivity index (χ0n) is 19.3. The lowest BCUT2D eigenvalue weighted by atomic mass is 10.1. The molecule has 13 heteroatoms. The number of hydrogen-bond donors (Lipinski definition) is 4. The van der Waals surface area contributed by atoms with Crippen molar-refractivity contribution < 1.29 is 37.7 Å². The molecule has 1 saturated heterocycles. The Hall–Kier alpha value is -3.58. The van der Waals surface area contributed by atoms with Crippen molar-refractivity contribution in [2.24, 2.45) is 0 Å². The number of nitrogens with one attached hydrogen (secondary N) is 2. The van der Waals surface area contributed by atoms with Crippen LogP contribution >= 0.6 is 0 Å². The van der Waals surface area contributed by atoms with Crippen molar-refractivity contribution in [2.75, 3.05) is 41.4 Å². The van der Waals surface area contributed by atoms with Gasteiger partial charge in [0.2, 0.25) is 0 Å². The van der Waals surface area contributed by atoms with Crippen molar-refractivity contribution >= 4 is 29.1 Å². The number of pyridine rings is 1. The molecule has 36 heavy (non-hydrogen) atoms. The molecule has 0 unspecified atom stereocenters. The van der Waals surface area contributed by atoms with Crippen molar-refractivity contribution in [1.82, 2.24) is 10.3 Å². The van der Waals surface area contributed by atoms with E-state index in [1.54, 1.807) is 30.3 Å². The number of rotatable bonds is 7.